The molecule has 0 aliphatic carbocycles. The maximum absolute atomic E-state index is 15.4. The van der Waals surface area contributed by atoms with E-state index in [9.17, 15) is 27.2 Å². The van der Waals surface area contributed by atoms with Crippen LogP contribution in [0.5, 0.6) is 0 Å². The van der Waals surface area contributed by atoms with E-state index in [-0.39, 0.29) is 39.8 Å². The number of urea groups is 1. The third-order valence-electron chi connectivity index (χ3n) is 6.39. The molecule has 3 aromatic carbocycles. The van der Waals surface area contributed by atoms with E-state index < -0.39 is 41.3 Å². The van der Waals surface area contributed by atoms with Gasteiger partial charge in [-0.25, -0.2) is 18.6 Å². The third-order valence-corrected chi connectivity index (χ3v) is 6.39. The summed E-state index contributed by atoms with van der Waals surface area (Å²) in [7, 11) is 0. The minimum absolute atomic E-state index is 0.131. The van der Waals surface area contributed by atoms with E-state index in [1.165, 1.54) is 25.1 Å². The fourth-order valence-electron chi connectivity index (χ4n) is 4.47. The van der Waals surface area contributed by atoms with Crippen LogP contribution < -0.4 is 16.2 Å². The van der Waals surface area contributed by atoms with Crippen LogP contribution in [0, 0.1) is 18.6 Å². The number of hydroxylamine groups is 2. The molecule has 13 heteroatoms. The molecule has 40 heavy (non-hydrogen) atoms. The highest BCUT2D eigenvalue weighted by atomic mass is 19.4. The zero-order valence-corrected chi connectivity index (χ0v) is 20.9. The van der Waals surface area contributed by atoms with Crippen molar-refractivity contribution in [2.45, 2.75) is 32.1 Å². The fourth-order valence-corrected chi connectivity index (χ4v) is 4.47. The Labute approximate surface area is 224 Å². The summed E-state index contributed by atoms with van der Waals surface area (Å²) >= 11 is 0. The first kappa shape index (κ1) is 27.1. The van der Waals surface area contributed by atoms with Crippen LogP contribution in [0.4, 0.5) is 43.8 Å². The molecular formula is C27H22F5N5O3. The second-order valence-corrected chi connectivity index (χ2v) is 9.19. The molecule has 1 aromatic heterocycles. The molecule has 1 fully saturated rings. The minimum Gasteiger partial charge on any atom is -0.353 e. The summed E-state index contributed by atoms with van der Waals surface area (Å²) in [6.45, 7) is 0.192. The lowest BCUT2D eigenvalue weighted by molar-refractivity contribution is -0.141. The number of halogens is 5. The van der Waals surface area contributed by atoms with Crippen molar-refractivity contribution in [3.05, 3.63) is 94.0 Å². The fraction of sp³-hybridized carbons (Fsp3) is 0.222. The SMILES string of the molecule is Cc1cc(F)c(NC(=O)N2OCC[C@@H]2c2ccccc2)cc1Nc1ccc2ncn(CC(F)(F)F)c(=O)c2c1F. The largest absolute Gasteiger partial charge is 0.406 e. The molecule has 1 aliphatic rings. The van der Waals surface area contributed by atoms with Gasteiger partial charge >= 0.3 is 12.2 Å². The van der Waals surface area contributed by atoms with Gasteiger partial charge in [0.05, 0.1) is 35.9 Å². The molecule has 0 spiro atoms. The highest BCUT2D eigenvalue weighted by Gasteiger charge is 2.32. The molecule has 2 amide bonds. The number of nitrogens with one attached hydrogen (secondary N) is 2. The Kier molecular flexibility index (Phi) is 7.15. The molecule has 0 saturated carbocycles. The zero-order chi connectivity index (χ0) is 28.6. The van der Waals surface area contributed by atoms with Crippen molar-refractivity contribution >= 4 is 34.0 Å². The van der Waals surface area contributed by atoms with Gasteiger partial charge < -0.3 is 10.6 Å². The molecule has 4 aromatic rings. The van der Waals surface area contributed by atoms with E-state index >= 15 is 4.39 Å². The Morgan fingerprint density at radius 1 is 1.07 bits per heavy atom. The first-order valence-electron chi connectivity index (χ1n) is 12.1. The summed E-state index contributed by atoms with van der Waals surface area (Å²) in [4.78, 5) is 34.8. The van der Waals surface area contributed by atoms with Crippen LogP contribution in [0.1, 0.15) is 23.6 Å². The Morgan fingerprint density at radius 2 is 1.82 bits per heavy atom. The third kappa shape index (κ3) is 5.45. The van der Waals surface area contributed by atoms with Crippen LogP contribution in [-0.2, 0) is 11.4 Å². The molecule has 1 aliphatic heterocycles. The number of carbonyl (C=O) groups excluding carboxylic acids is 1. The summed E-state index contributed by atoms with van der Waals surface area (Å²) in [5, 5.41) is 5.70. The van der Waals surface area contributed by atoms with E-state index in [1.54, 1.807) is 0 Å². The molecule has 0 radical (unpaired) electrons. The van der Waals surface area contributed by atoms with Crippen LogP contribution in [0.25, 0.3) is 10.9 Å². The van der Waals surface area contributed by atoms with E-state index in [0.717, 1.165) is 16.7 Å². The topological polar surface area (TPSA) is 88.5 Å². The smallest absolute Gasteiger partial charge is 0.353 e. The van der Waals surface area contributed by atoms with Crippen LogP contribution in [0.3, 0.4) is 0 Å². The summed E-state index contributed by atoms with van der Waals surface area (Å²) < 4.78 is 69.0. The van der Waals surface area contributed by atoms with E-state index in [4.69, 9.17) is 4.84 Å². The van der Waals surface area contributed by atoms with Gasteiger partial charge in [0, 0.05) is 12.1 Å². The number of carbonyl (C=O) groups is 1. The molecule has 1 atom stereocenters. The van der Waals surface area contributed by atoms with Gasteiger partial charge in [-0.05, 0) is 42.3 Å². The van der Waals surface area contributed by atoms with Gasteiger partial charge in [-0.1, -0.05) is 30.3 Å². The average Bonchev–Trinajstić information content (AvgIpc) is 3.40. The van der Waals surface area contributed by atoms with Gasteiger partial charge in [0.15, 0.2) is 5.82 Å². The van der Waals surface area contributed by atoms with E-state index in [2.05, 4.69) is 15.6 Å². The number of alkyl halides is 3. The lowest BCUT2D eigenvalue weighted by Crippen LogP contribution is -2.33. The highest BCUT2D eigenvalue weighted by molar-refractivity contribution is 5.90. The van der Waals surface area contributed by atoms with Gasteiger partial charge in [-0.15, -0.1) is 0 Å². The number of aromatic nitrogens is 2. The standard InChI is InChI=1S/C27H22F5N5O3/c1-15-11-17(28)21(35-26(39)37-22(9-10-40-37)16-5-3-2-4-6-16)12-20(15)34-19-8-7-18-23(24(19)29)25(38)36(14-33-18)13-27(30,31)32/h2-8,11-12,14,22,34H,9-10,13H2,1H3,(H,35,39)/t22-/m1/s1. The quantitative estimate of drug-likeness (QED) is 0.285. The molecule has 2 heterocycles. The van der Waals surface area contributed by atoms with Crippen molar-refractivity contribution in [1.82, 2.24) is 14.6 Å². The van der Waals surface area contributed by atoms with Gasteiger partial charge in [0.2, 0.25) is 0 Å². The number of amides is 2. The van der Waals surface area contributed by atoms with Crippen molar-refractivity contribution in [2.24, 2.45) is 0 Å². The van der Waals surface area contributed by atoms with Crippen molar-refractivity contribution in [3.8, 4) is 0 Å². The van der Waals surface area contributed by atoms with Crippen LogP contribution in [-0.4, -0.2) is 33.4 Å². The van der Waals surface area contributed by atoms with Crippen molar-refractivity contribution < 1.29 is 31.6 Å². The van der Waals surface area contributed by atoms with E-state index in [0.29, 0.717) is 18.3 Å². The average molecular weight is 559 g/mol. The molecule has 208 valence electrons. The molecule has 2 N–H and O–H groups in total. The number of benzene rings is 3. The summed E-state index contributed by atoms with van der Waals surface area (Å²) in [5.41, 5.74) is -0.463. The second-order valence-electron chi connectivity index (χ2n) is 9.19. The Balaban J connectivity index is 1.42. The second kappa shape index (κ2) is 10.6. The summed E-state index contributed by atoms with van der Waals surface area (Å²) in [5.74, 6) is -1.89. The molecule has 1 saturated heterocycles. The number of rotatable bonds is 5. The Hall–Kier alpha value is -4.52. The highest BCUT2D eigenvalue weighted by Crippen LogP contribution is 2.33. The van der Waals surface area contributed by atoms with Gasteiger partial charge in [-0.3, -0.25) is 14.2 Å². The van der Waals surface area contributed by atoms with Gasteiger partial charge in [-0.2, -0.15) is 18.2 Å². The Bertz CT molecular complexity index is 1640. The molecule has 0 bridgehead atoms. The Morgan fingerprint density at radius 3 is 2.55 bits per heavy atom. The zero-order valence-electron chi connectivity index (χ0n) is 20.9. The normalized spacial score (nSPS) is 15.4. The van der Waals surface area contributed by atoms with Gasteiger partial charge in [0.25, 0.3) is 5.56 Å². The first-order valence-corrected chi connectivity index (χ1v) is 12.1. The number of hydrogen-bond donors (Lipinski definition) is 2. The summed E-state index contributed by atoms with van der Waals surface area (Å²) in [6, 6.07) is 13.0. The lowest BCUT2D eigenvalue weighted by Gasteiger charge is -2.23. The molecule has 0 unspecified atom stereocenters. The molecule has 5 rings (SSSR count). The van der Waals surface area contributed by atoms with Crippen LogP contribution in [0.15, 0.2) is 65.7 Å². The van der Waals surface area contributed by atoms with E-state index in [1.807, 2.05) is 30.3 Å². The van der Waals surface area contributed by atoms with Crippen molar-refractivity contribution in [3.63, 3.8) is 0 Å². The lowest BCUT2D eigenvalue weighted by atomic mass is 10.1. The number of nitrogens with zero attached hydrogens (tertiary/aromatic N) is 3. The predicted octanol–water partition coefficient (Wildman–Crippen LogP) is 6.20. The van der Waals surface area contributed by atoms with Crippen molar-refractivity contribution in [2.75, 3.05) is 17.2 Å². The van der Waals surface area contributed by atoms with Gasteiger partial charge in [0.1, 0.15) is 17.7 Å². The number of hydrogen-bond acceptors (Lipinski definition) is 5. The maximum atomic E-state index is 15.4. The summed E-state index contributed by atoms with van der Waals surface area (Å²) in [6.07, 6.45) is -3.46. The monoisotopic (exact) mass is 559 g/mol. The predicted molar refractivity (Wildman–Crippen MR) is 137 cm³/mol. The number of fused-ring (bicyclic) bond motifs is 1. The number of anilines is 3. The minimum atomic E-state index is -4.71. The molecule has 8 nitrogen and oxygen atoms in total. The maximum Gasteiger partial charge on any atom is 0.406 e. The van der Waals surface area contributed by atoms with Crippen LogP contribution in [0.2, 0.25) is 0 Å². The first-order chi connectivity index (χ1) is 19.0. The molecular weight excluding hydrogens is 537 g/mol. The van der Waals surface area contributed by atoms with Crippen molar-refractivity contribution in [1.29, 1.82) is 0 Å². The van der Waals surface area contributed by atoms with Crippen LogP contribution >= 0.6 is 0 Å². The number of aryl methyl sites for hydroxylation is 1.